The number of rotatable bonds is 8. The summed E-state index contributed by atoms with van der Waals surface area (Å²) in [7, 11) is 0. The number of ether oxygens (including phenoxy) is 1. The first-order valence-electron chi connectivity index (χ1n) is 6.65. The van der Waals surface area contributed by atoms with Crippen molar-refractivity contribution in [2.24, 2.45) is 5.73 Å². The largest absolute Gasteiger partial charge is 0.494 e. The highest BCUT2D eigenvalue weighted by molar-refractivity contribution is 8.00. The van der Waals surface area contributed by atoms with E-state index in [-0.39, 0.29) is 0 Å². The van der Waals surface area contributed by atoms with Gasteiger partial charge >= 0.3 is 5.97 Å². The smallest absolute Gasteiger partial charge is 0.321 e. The van der Waals surface area contributed by atoms with Crippen LogP contribution >= 0.6 is 11.8 Å². The molecule has 0 amide bonds. The van der Waals surface area contributed by atoms with Gasteiger partial charge in [0.1, 0.15) is 11.8 Å². The summed E-state index contributed by atoms with van der Waals surface area (Å²) in [5, 5.41) is 8.93. The Morgan fingerprint density at radius 3 is 2.80 bits per heavy atom. The van der Waals surface area contributed by atoms with Crippen LogP contribution in [0.3, 0.4) is 0 Å². The van der Waals surface area contributed by atoms with E-state index in [1.807, 2.05) is 45.0 Å². The molecule has 0 heterocycles. The van der Waals surface area contributed by atoms with E-state index in [1.165, 1.54) is 5.56 Å². The lowest BCUT2D eigenvalue weighted by Gasteiger charge is -2.27. The molecule has 0 aliphatic rings. The molecule has 1 aromatic carbocycles. The molecule has 0 saturated heterocycles. The fourth-order valence-corrected chi connectivity index (χ4v) is 2.75. The highest BCUT2D eigenvalue weighted by Crippen LogP contribution is 2.28. The topological polar surface area (TPSA) is 72.5 Å². The lowest BCUT2D eigenvalue weighted by Crippen LogP contribution is -2.46. The van der Waals surface area contributed by atoms with Crippen molar-refractivity contribution in [3.05, 3.63) is 29.8 Å². The molecule has 3 N–H and O–H groups in total. The van der Waals surface area contributed by atoms with Crippen LogP contribution in [0.5, 0.6) is 5.75 Å². The number of aliphatic carboxylic acids is 1. The maximum Gasteiger partial charge on any atom is 0.321 e. The Labute approximate surface area is 124 Å². The van der Waals surface area contributed by atoms with E-state index in [2.05, 4.69) is 0 Å². The van der Waals surface area contributed by atoms with Crippen molar-refractivity contribution in [3.63, 3.8) is 0 Å². The maximum absolute atomic E-state index is 10.9. The van der Waals surface area contributed by atoms with E-state index >= 15 is 0 Å². The van der Waals surface area contributed by atoms with Crippen molar-refractivity contribution in [1.82, 2.24) is 0 Å². The van der Waals surface area contributed by atoms with Gasteiger partial charge in [-0.2, -0.15) is 11.8 Å². The number of aryl methyl sites for hydroxylation is 1. The van der Waals surface area contributed by atoms with Crippen molar-refractivity contribution in [2.75, 3.05) is 12.4 Å². The second-order valence-electron chi connectivity index (χ2n) is 5.29. The molecular weight excluding hydrogens is 274 g/mol. The third kappa shape index (κ3) is 5.43. The molecule has 1 aromatic rings. The monoisotopic (exact) mass is 297 g/mol. The number of hydrogen-bond acceptors (Lipinski definition) is 4. The van der Waals surface area contributed by atoms with Gasteiger partial charge in [-0.25, -0.2) is 0 Å². The molecule has 0 fully saturated rings. The Morgan fingerprint density at radius 2 is 2.20 bits per heavy atom. The number of carboxylic acids is 1. The minimum atomic E-state index is -0.960. The van der Waals surface area contributed by atoms with E-state index in [0.29, 0.717) is 6.61 Å². The van der Waals surface area contributed by atoms with Gasteiger partial charge in [-0.1, -0.05) is 12.1 Å². The highest BCUT2D eigenvalue weighted by atomic mass is 32.2. The fraction of sp³-hybridized carbons (Fsp3) is 0.533. The Bertz CT molecular complexity index is 448. The number of hydrogen-bond donors (Lipinski definition) is 2. The number of thioether (sulfide) groups is 1. The van der Waals surface area contributed by atoms with E-state index in [9.17, 15) is 4.79 Å². The summed E-state index contributed by atoms with van der Waals surface area (Å²) < 4.78 is 5.17. The molecule has 0 radical (unpaired) electrons. The van der Waals surface area contributed by atoms with Gasteiger partial charge in [0.05, 0.1) is 6.61 Å². The summed E-state index contributed by atoms with van der Waals surface area (Å²) in [4.78, 5) is 10.9. The van der Waals surface area contributed by atoms with Crippen molar-refractivity contribution >= 4 is 17.7 Å². The number of carboxylic acid groups (broad SMARTS) is 1. The molecule has 5 heteroatoms. The lowest BCUT2D eigenvalue weighted by molar-refractivity contribution is -0.139. The van der Waals surface area contributed by atoms with Gasteiger partial charge in [0.25, 0.3) is 0 Å². The summed E-state index contributed by atoms with van der Waals surface area (Å²) in [6.45, 7) is 6.36. The van der Waals surface area contributed by atoms with Crippen LogP contribution in [0.15, 0.2) is 24.3 Å². The first-order valence-corrected chi connectivity index (χ1v) is 7.63. The Hall–Kier alpha value is -1.20. The molecule has 1 atom stereocenters. The highest BCUT2D eigenvalue weighted by Gasteiger charge is 2.32. The van der Waals surface area contributed by atoms with E-state index < -0.39 is 16.8 Å². The van der Waals surface area contributed by atoms with Gasteiger partial charge in [0.15, 0.2) is 0 Å². The molecule has 0 spiro atoms. The van der Waals surface area contributed by atoms with Crippen molar-refractivity contribution in [3.8, 4) is 5.75 Å². The molecule has 0 unspecified atom stereocenters. The van der Waals surface area contributed by atoms with Crippen LogP contribution in [0, 0.1) is 6.92 Å². The predicted octanol–water partition coefficient (Wildman–Crippen LogP) is 2.69. The van der Waals surface area contributed by atoms with Gasteiger partial charge in [-0.15, -0.1) is 0 Å². The van der Waals surface area contributed by atoms with Crippen LogP contribution in [0.1, 0.15) is 25.8 Å². The summed E-state index contributed by atoms with van der Waals surface area (Å²) in [6, 6.07) is 7.07. The third-order valence-electron chi connectivity index (χ3n) is 3.04. The van der Waals surface area contributed by atoms with E-state index in [4.69, 9.17) is 15.6 Å². The normalized spacial score (nSPS) is 13.0. The minimum absolute atomic E-state index is 0.477. The quantitative estimate of drug-likeness (QED) is 0.722. The SMILES string of the molecule is Cc1cccc(OCCCSC(C)(C)[C@H](N)C(=O)O)c1. The molecule has 0 aliphatic heterocycles. The average Bonchev–Trinajstić information content (AvgIpc) is 2.37. The zero-order valence-corrected chi connectivity index (χ0v) is 13.1. The predicted molar refractivity (Wildman–Crippen MR) is 83.4 cm³/mol. The van der Waals surface area contributed by atoms with Crippen LogP contribution < -0.4 is 10.5 Å². The van der Waals surface area contributed by atoms with Gasteiger partial charge in [-0.05, 0) is 50.6 Å². The van der Waals surface area contributed by atoms with Gasteiger partial charge in [0, 0.05) is 4.75 Å². The summed E-state index contributed by atoms with van der Waals surface area (Å²) in [5.41, 5.74) is 6.84. The lowest BCUT2D eigenvalue weighted by atomic mass is 10.1. The molecule has 0 bridgehead atoms. The number of benzene rings is 1. The molecule has 0 aliphatic carbocycles. The van der Waals surface area contributed by atoms with Crippen molar-refractivity contribution in [1.29, 1.82) is 0 Å². The second kappa shape index (κ2) is 7.55. The molecular formula is C15H23NO3S. The van der Waals surface area contributed by atoms with E-state index in [1.54, 1.807) is 11.8 Å². The molecule has 20 heavy (non-hydrogen) atoms. The number of nitrogens with two attached hydrogens (primary N) is 1. The van der Waals surface area contributed by atoms with Gasteiger partial charge in [0.2, 0.25) is 0 Å². The maximum atomic E-state index is 10.9. The van der Waals surface area contributed by atoms with Crippen LogP contribution in [-0.4, -0.2) is 34.2 Å². The Kier molecular flexibility index (Phi) is 6.36. The first kappa shape index (κ1) is 16.9. The standard InChI is InChI=1S/C15H23NO3S/c1-11-6-4-7-12(10-11)19-8-5-9-20-15(2,3)13(16)14(17)18/h4,6-7,10,13H,5,8-9,16H2,1-3H3,(H,17,18)/t13-/m1/s1. The zero-order chi connectivity index (χ0) is 15.2. The minimum Gasteiger partial charge on any atom is -0.494 e. The summed E-state index contributed by atoms with van der Waals surface area (Å²) in [5.74, 6) is 0.731. The summed E-state index contributed by atoms with van der Waals surface area (Å²) >= 11 is 1.57. The molecule has 4 nitrogen and oxygen atoms in total. The van der Waals surface area contributed by atoms with Crippen LogP contribution in [0.2, 0.25) is 0 Å². The van der Waals surface area contributed by atoms with Gasteiger partial charge in [-0.3, -0.25) is 4.79 Å². The summed E-state index contributed by atoms with van der Waals surface area (Å²) in [6.07, 6.45) is 0.856. The molecule has 1 rings (SSSR count). The van der Waals surface area contributed by atoms with E-state index in [0.717, 1.165) is 17.9 Å². The first-order chi connectivity index (χ1) is 9.33. The Morgan fingerprint density at radius 1 is 1.50 bits per heavy atom. The average molecular weight is 297 g/mol. The molecule has 112 valence electrons. The molecule has 0 aromatic heterocycles. The van der Waals surface area contributed by atoms with Crippen LogP contribution in [-0.2, 0) is 4.79 Å². The zero-order valence-electron chi connectivity index (χ0n) is 12.3. The van der Waals surface area contributed by atoms with Crippen LogP contribution in [0.4, 0.5) is 0 Å². The molecule has 0 saturated carbocycles. The van der Waals surface area contributed by atoms with Crippen molar-refractivity contribution in [2.45, 2.75) is 38.0 Å². The third-order valence-corrected chi connectivity index (χ3v) is 4.53. The Balaban J connectivity index is 2.27. The second-order valence-corrected chi connectivity index (χ2v) is 7.04. The van der Waals surface area contributed by atoms with Crippen LogP contribution in [0.25, 0.3) is 0 Å². The van der Waals surface area contributed by atoms with Crippen molar-refractivity contribution < 1.29 is 14.6 Å². The fourth-order valence-electron chi connectivity index (χ4n) is 1.68. The van der Waals surface area contributed by atoms with Gasteiger partial charge < -0.3 is 15.6 Å². The number of carbonyl (C=O) groups is 1.